The van der Waals surface area contributed by atoms with Crippen LogP contribution in [0.3, 0.4) is 0 Å². The first kappa shape index (κ1) is 15.8. The molecule has 1 heterocycles. The van der Waals surface area contributed by atoms with Gasteiger partial charge in [0.2, 0.25) is 0 Å². The second kappa shape index (κ2) is 6.18. The number of hydrogen-bond acceptors (Lipinski definition) is 2. The highest BCUT2D eigenvalue weighted by molar-refractivity contribution is 6.31. The maximum absolute atomic E-state index is 13.2. The summed E-state index contributed by atoms with van der Waals surface area (Å²) < 4.78 is 26.4. The van der Waals surface area contributed by atoms with Crippen LogP contribution >= 0.6 is 23.2 Å². The highest BCUT2D eigenvalue weighted by Crippen LogP contribution is 2.27. The number of hydrogen-bond donors (Lipinski definition) is 1. The van der Waals surface area contributed by atoms with Crippen molar-refractivity contribution in [3.8, 4) is 0 Å². The number of nitrogens with one attached hydrogen (secondary N) is 1. The van der Waals surface area contributed by atoms with Crippen LogP contribution in [0.25, 0.3) is 0 Å². The third kappa shape index (κ3) is 3.30. The maximum Gasteiger partial charge on any atom is 0.253 e. The monoisotopic (exact) mass is 354 g/mol. The minimum atomic E-state index is -0.547. The molecule has 2 aromatic rings. The number of carbonyl (C=O) groups is 1. The number of amides is 1. The summed E-state index contributed by atoms with van der Waals surface area (Å²) >= 11 is 11.5. The van der Waals surface area contributed by atoms with Gasteiger partial charge in [-0.3, -0.25) is 4.79 Å². The highest BCUT2D eigenvalue weighted by atomic mass is 35.5. The maximum atomic E-state index is 13.2. The molecule has 1 aliphatic rings. The predicted octanol–water partition coefficient (Wildman–Crippen LogP) is 4.61. The molecule has 0 unspecified atom stereocenters. The fourth-order valence-electron chi connectivity index (χ4n) is 2.23. The van der Waals surface area contributed by atoms with E-state index in [1.54, 1.807) is 0 Å². The summed E-state index contributed by atoms with van der Waals surface area (Å²) in [5, 5.41) is 2.94. The van der Waals surface area contributed by atoms with Crippen LogP contribution in [0.5, 0.6) is 0 Å². The zero-order valence-electron chi connectivity index (χ0n) is 11.6. The zero-order valence-corrected chi connectivity index (χ0v) is 13.1. The standard InChI is InChI=1S/C16H10Cl2F2N2O/c17-12-5-9(1-3-14(12)19)21-10-6-16(23)22(8-10)11-2-4-15(20)13(18)7-11/h1-7,21H,8H2. The van der Waals surface area contributed by atoms with Gasteiger partial charge in [-0.15, -0.1) is 0 Å². The van der Waals surface area contributed by atoms with Gasteiger partial charge in [0.1, 0.15) is 11.6 Å². The molecule has 0 radical (unpaired) electrons. The number of benzene rings is 2. The van der Waals surface area contributed by atoms with Crippen molar-refractivity contribution in [1.29, 1.82) is 0 Å². The van der Waals surface area contributed by atoms with Crippen LogP contribution in [-0.4, -0.2) is 12.5 Å². The minimum Gasteiger partial charge on any atom is -0.357 e. The average molecular weight is 355 g/mol. The Morgan fingerprint density at radius 3 is 2.30 bits per heavy atom. The molecule has 3 rings (SSSR count). The Bertz CT molecular complexity index is 824. The van der Waals surface area contributed by atoms with E-state index >= 15 is 0 Å². The molecule has 1 N–H and O–H groups in total. The highest BCUT2D eigenvalue weighted by Gasteiger charge is 2.23. The van der Waals surface area contributed by atoms with Crippen LogP contribution in [0.1, 0.15) is 0 Å². The van der Waals surface area contributed by atoms with Gasteiger partial charge in [0.05, 0.1) is 16.6 Å². The summed E-state index contributed by atoms with van der Waals surface area (Å²) in [4.78, 5) is 13.5. The number of halogens is 4. The SMILES string of the molecule is O=C1C=C(Nc2ccc(F)c(Cl)c2)CN1c1ccc(F)c(Cl)c1. The first-order valence-electron chi connectivity index (χ1n) is 6.63. The molecule has 0 saturated heterocycles. The molecule has 0 spiro atoms. The van der Waals surface area contributed by atoms with Crippen molar-refractivity contribution in [1.82, 2.24) is 0 Å². The predicted molar refractivity (Wildman–Crippen MR) is 86.9 cm³/mol. The van der Waals surface area contributed by atoms with Crippen LogP contribution in [0, 0.1) is 11.6 Å². The summed E-state index contributed by atoms with van der Waals surface area (Å²) in [5.74, 6) is -1.33. The Balaban J connectivity index is 1.77. The van der Waals surface area contributed by atoms with Gasteiger partial charge in [-0.2, -0.15) is 0 Å². The Kier molecular flexibility index (Phi) is 4.24. The van der Waals surface area contributed by atoms with E-state index in [0.717, 1.165) is 0 Å². The smallest absolute Gasteiger partial charge is 0.253 e. The van der Waals surface area contributed by atoms with Crippen LogP contribution in [0.4, 0.5) is 20.2 Å². The fraction of sp³-hybridized carbons (Fsp3) is 0.0625. The molecule has 0 saturated carbocycles. The number of carbonyl (C=O) groups excluding carboxylic acids is 1. The van der Waals surface area contributed by atoms with E-state index in [0.29, 0.717) is 17.1 Å². The summed E-state index contributed by atoms with van der Waals surface area (Å²) in [6.07, 6.45) is 1.41. The Labute approximate surface area is 141 Å². The lowest BCUT2D eigenvalue weighted by Crippen LogP contribution is -2.26. The molecule has 0 bridgehead atoms. The molecule has 0 aromatic heterocycles. The van der Waals surface area contributed by atoms with Gasteiger partial charge in [0.15, 0.2) is 0 Å². The van der Waals surface area contributed by atoms with Crippen molar-refractivity contribution in [3.05, 3.63) is 69.9 Å². The molecule has 0 aliphatic carbocycles. The van der Waals surface area contributed by atoms with Gasteiger partial charge in [-0.05, 0) is 36.4 Å². The van der Waals surface area contributed by atoms with E-state index in [9.17, 15) is 13.6 Å². The van der Waals surface area contributed by atoms with Gasteiger partial charge in [0, 0.05) is 23.1 Å². The van der Waals surface area contributed by atoms with Crippen LogP contribution in [0.15, 0.2) is 48.2 Å². The summed E-state index contributed by atoms with van der Waals surface area (Å²) in [6.45, 7) is 0.260. The van der Waals surface area contributed by atoms with Crippen molar-refractivity contribution < 1.29 is 13.6 Å². The molecular weight excluding hydrogens is 345 g/mol. The number of anilines is 2. The van der Waals surface area contributed by atoms with Crippen molar-refractivity contribution >= 4 is 40.5 Å². The van der Waals surface area contributed by atoms with Crippen LogP contribution in [-0.2, 0) is 4.79 Å². The van der Waals surface area contributed by atoms with Crippen molar-refractivity contribution in [2.75, 3.05) is 16.8 Å². The van der Waals surface area contributed by atoms with Crippen LogP contribution in [0.2, 0.25) is 10.0 Å². The Hall–Kier alpha value is -2.11. The molecule has 118 valence electrons. The second-order valence-corrected chi connectivity index (χ2v) is 5.76. The molecule has 0 atom stereocenters. The summed E-state index contributed by atoms with van der Waals surface area (Å²) in [6, 6.07) is 8.25. The lowest BCUT2D eigenvalue weighted by molar-refractivity contribution is -0.113. The third-order valence-corrected chi connectivity index (χ3v) is 3.91. The van der Waals surface area contributed by atoms with Gasteiger partial charge < -0.3 is 10.2 Å². The summed E-state index contributed by atoms with van der Waals surface area (Å²) in [7, 11) is 0. The van der Waals surface area contributed by atoms with Gasteiger partial charge in [-0.25, -0.2) is 8.78 Å². The number of rotatable bonds is 3. The third-order valence-electron chi connectivity index (χ3n) is 3.33. The Morgan fingerprint density at radius 1 is 1.00 bits per heavy atom. The molecular formula is C16H10Cl2F2N2O. The largest absolute Gasteiger partial charge is 0.357 e. The molecule has 23 heavy (non-hydrogen) atoms. The van der Waals surface area contributed by atoms with E-state index < -0.39 is 11.6 Å². The van der Waals surface area contributed by atoms with E-state index in [2.05, 4.69) is 5.32 Å². The minimum absolute atomic E-state index is 0.0119. The van der Waals surface area contributed by atoms with Crippen molar-refractivity contribution in [3.63, 3.8) is 0 Å². The van der Waals surface area contributed by atoms with Gasteiger partial charge >= 0.3 is 0 Å². The molecule has 7 heteroatoms. The molecule has 3 nitrogen and oxygen atoms in total. The van der Waals surface area contributed by atoms with E-state index in [1.165, 1.54) is 47.4 Å². The van der Waals surface area contributed by atoms with Gasteiger partial charge in [0.25, 0.3) is 5.91 Å². The van der Waals surface area contributed by atoms with E-state index in [4.69, 9.17) is 23.2 Å². The van der Waals surface area contributed by atoms with Gasteiger partial charge in [-0.1, -0.05) is 23.2 Å². The van der Waals surface area contributed by atoms with Crippen LogP contribution < -0.4 is 10.2 Å². The average Bonchev–Trinajstić information content (AvgIpc) is 2.86. The molecule has 2 aromatic carbocycles. The fourth-order valence-corrected chi connectivity index (χ4v) is 2.58. The topological polar surface area (TPSA) is 32.3 Å². The molecule has 0 fully saturated rings. The zero-order chi connectivity index (χ0) is 16.6. The van der Waals surface area contributed by atoms with E-state index in [1.807, 2.05) is 0 Å². The first-order chi connectivity index (χ1) is 10.9. The first-order valence-corrected chi connectivity index (χ1v) is 7.39. The lowest BCUT2D eigenvalue weighted by Gasteiger charge is -2.17. The number of nitrogens with zero attached hydrogens (tertiary/aromatic N) is 1. The molecule has 1 amide bonds. The lowest BCUT2D eigenvalue weighted by atomic mass is 10.3. The summed E-state index contributed by atoms with van der Waals surface area (Å²) in [5.41, 5.74) is 1.67. The van der Waals surface area contributed by atoms with E-state index in [-0.39, 0.29) is 22.5 Å². The normalized spacial score (nSPS) is 14.2. The quantitative estimate of drug-likeness (QED) is 0.872. The van der Waals surface area contributed by atoms with Crippen molar-refractivity contribution in [2.45, 2.75) is 0 Å². The Morgan fingerprint density at radius 2 is 1.65 bits per heavy atom. The second-order valence-electron chi connectivity index (χ2n) is 4.95. The van der Waals surface area contributed by atoms with Crippen molar-refractivity contribution in [2.24, 2.45) is 0 Å². The molecule has 1 aliphatic heterocycles.